The van der Waals surface area contributed by atoms with Crippen LogP contribution in [0.25, 0.3) is 0 Å². The highest BCUT2D eigenvalue weighted by atomic mass is 16.6. The average molecular weight is 369 g/mol. The fraction of sp³-hybridized carbons (Fsp3) is 0.316. The van der Waals surface area contributed by atoms with Crippen molar-refractivity contribution in [2.75, 3.05) is 0 Å². The maximum absolute atomic E-state index is 12.9. The van der Waals surface area contributed by atoms with E-state index in [2.05, 4.69) is 9.97 Å². The first-order valence-corrected chi connectivity index (χ1v) is 8.34. The molecular formula is C19H19N3O5. The van der Waals surface area contributed by atoms with Crippen LogP contribution in [0.3, 0.4) is 0 Å². The van der Waals surface area contributed by atoms with Crippen molar-refractivity contribution in [3.8, 4) is 5.88 Å². The van der Waals surface area contributed by atoms with Crippen molar-refractivity contribution in [2.24, 2.45) is 5.73 Å². The Morgan fingerprint density at radius 2 is 1.89 bits per heavy atom. The summed E-state index contributed by atoms with van der Waals surface area (Å²) in [7, 11) is 0. The number of ketones is 2. The summed E-state index contributed by atoms with van der Waals surface area (Å²) >= 11 is 0. The highest BCUT2D eigenvalue weighted by Gasteiger charge is 2.35. The predicted octanol–water partition coefficient (Wildman–Crippen LogP) is 1.17. The number of aromatic hydroxyl groups is 1. The largest absolute Gasteiger partial charge is 0.493 e. The van der Waals surface area contributed by atoms with Gasteiger partial charge >= 0.3 is 5.97 Å². The summed E-state index contributed by atoms with van der Waals surface area (Å²) in [6.45, 7) is 5.19. The number of hydrogen-bond donors (Lipinski definition) is 2. The summed E-state index contributed by atoms with van der Waals surface area (Å²) in [6.07, 6.45) is 1.38. The van der Waals surface area contributed by atoms with Crippen molar-refractivity contribution in [1.29, 1.82) is 0 Å². The van der Waals surface area contributed by atoms with Crippen molar-refractivity contribution < 1.29 is 24.2 Å². The van der Waals surface area contributed by atoms with Crippen molar-refractivity contribution in [3.63, 3.8) is 0 Å². The van der Waals surface area contributed by atoms with E-state index in [0.717, 1.165) is 0 Å². The quantitative estimate of drug-likeness (QED) is 0.657. The number of fused-ring (bicyclic) bond motifs is 2. The highest BCUT2D eigenvalue weighted by Crippen LogP contribution is 2.29. The Morgan fingerprint density at radius 1 is 1.19 bits per heavy atom. The second-order valence-electron chi connectivity index (χ2n) is 7.26. The van der Waals surface area contributed by atoms with E-state index in [-0.39, 0.29) is 34.8 Å². The second kappa shape index (κ2) is 6.55. The number of ether oxygens (including phenoxy) is 1. The average Bonchev–Trinajstić information content (AvgIpc) is 2.58. The molecule has 2 heterocycles. The van der Waals surface area contributed by atoms with Crippen LogP contribution in [0.2, 0.25) is 0 Å². The molecule has 0 aromatic carbocycles. The van der Waals surface area contributed by atoms with E-state index in [4.69, 9.17) is 10.5 Å². The van der Waals surface area contributed by atoms with Gasteiger partial charge in [-0.2, -0.15) is 0 Å². The molecule has 0 fully saturated rings. The number of rotatable bonds is 3. The summed E-state index contributed by atoms with van der Waals surface area (Å²) in [5, 5.41) is 9.50. The van der Waals surface area contributed by atoms with Gasteiger partial charge in [0.15, 0.2) is 5.78 Å². The second-order valence-corrected chi connectivity index (χ2v) is 7.26. The smallest absolute Gasteiger partial charge is 0.323 e. The van der Waals surface area contributed by atoms with E-state index in [1.165, 1.54) is 18.3 Å². The van der Waals surface area contributed by atoms with Crippen LogP contribution in [0.5, 0.6) is 5.88 Å². The van der Waals surface area contributed by atoms with E-state index in [9.17, 15) is 19.5 Å². The standard InChI is InChI=1S/C19H19N3O5/c1-19(2,3)27-18(26)11(20)8-9-6-7-21-15-13(9)16(24)10-4-5-12(23)22-14(10)17(15)25/h4-7,11H,8,20H2,1-3H3,(H,22,23). The van der Waals surface area contributed by atoms with Gasteiger partial charge in [-0.15, -0.1) is 0 Å². The first-order valence-electron chi connectivity index (χ1n) is 8.34. The Balaban J connectivity index is 1.98. The van der Waals surface area contributed by atoms with Gasteiger partial charge in [0.05, 0.1) is 11.1 Å². The van der Waals surface area contributed by atoms with E-state index < -0.39 is 29.2 Å². The van der Waals surface area contributed by atoms with Gasteiger partial charge in [0.1, 0.15) is 23.0 Å². The molecule has 2 aromatic heterocycles. The molecule has 8 heteroatoms. The molecule has 1 atom stereocenters. The molecule has 0 amide bonds. The zero-order valence-electron chi connectivity index (χ0n) is 15.1. The van der Waals surface area contributed by atoms with Gasteiger partial charge in [-0.3, -0.25) is 19.4 Å². The fourth-order valence-electron chi connectivity index (χ4n) is 2.85. The molecule has 0 spiro atoms. The SMILES string of the molecule is CC(C)(C)OC(=O)C(N)Cc1ccnc2c1C(=O)c1ccc(O)nc1C2=O. The third-order valence-electron chi connectivity index (χ3n) is 3.97. The van der Waals surface area contributed by atoms with Crippen molar-refractivity contribution in [1.82, 2.24) is 9.97 Å². The van der Waals surface area contributed by atoms with Gasteiger partial charge < -0.3 is 15.6 Å². The molecule has 2 aromatic rings. The molecule has 0 radical (unpaired) electrons. The van der Waals surface area contributed by atoms with Crippen molar-refractivity contribution in [3.05, 3.63) is 52.5 Å². The molecule has 0 saturated carbocycles. The van der Waals surface area contributed by atoms with E-state index in [1.54, 1.807) is 26.8 Å². The Morgan fingerprint density at radius 3 is 2.56 bits per heavy atom. The minimum atomic E-state index is -1.00. The van der Waals surface area contributed by atoms with Gasteiger partial charge in [0, 0.05) is 12.3 Å². The molecule has 0 aliphatic heterocycles. The maximum Gasteiger partial charge on any atom is 0.323 e. The van der Waals surface area contributed by atoms with Crippen LogP contribution in [-0.4, -0.2) is 44.3 Å². The lowest BCUT2D eigenvalue weighted by Gasteiger charge is -2.23. The van der Waals surface area contributed by atoms with Crippen LogP contribution in [-0.2, 0) is 16.0 Å². The number of hydrogen-bond acceptors (Lipinski definition) is 8. The minimum Gasteiger partial charge on any atom is -0.493 e. The van der Waals surface area contributed by atoms with Gasteiger partial charge in [0.25, 0.3) is 0 Å². The summed E-state index contributed by atoms with van der Waals surface area (Å²) in [5.74, 6) is -1.98. The third-order valence-corrected chi connectivity index (χ3v) is 3.97. The topological polar surface area (TPSA) is 132 Å². The Labute approximate surface area is 155 Å². The number of nitrogens with two attached hydrogens (primary N) is 1. The Kier molecular flexibility index (Phi) is 4.52. The van der Waals surface area contributed by atoms with E-state index in [0.29, 0.717) is 5.56 Å². The molecule has 3 rings (SSSR count). The van der Waals surface area contributed by atoms with Crippen LogP contribution in [0.1, 0.15) is 58.4 Å². The molecule has 27 heavy (non-hydrogen) atoms. The van der Waals surface area contributed by atoms with Crippen LogP contribution in [0.4, 0.5) is 0 Å². The first-order chi connectivity index (χ1) is 12.6. The molecule has 1 aliphatic rings. The summed E-state index contributed by atoms with van der Waals surface area (Å²) in [5.41, 5.74) is 5.64. The normalized spacial score (nSPS) is 14.4. The number of esters is 1. The number of carbonyl (C=O) groups is 3. The van der Waals surface area contributed by atoms with Gasteiger partial charge in [-0.25, -0.2) is 4.98 Å². The third kappa shape index (κ3) is 3.56. The van der Waals surface area contributed by atoms with Gasteiger partial charge in [0.2, 0.25) is 11.7 Å². The zero-order valence-corrected chi connectivity index (χ0v) is 15.1. The van der Waals surface area contributed by atoms with Gasteiger partial charge in [-0.1, -0.05) is 0 Å². The van der Waals surface area contributed by atoms with Crippen LogP contribution in [0.15, 0.2) is 24.4 Å². The number of carbonyl (C=O) groups excluding carboxylic acids is 3. The number of pyridine rings is 2. The molecule has 140 valence electrons. The lowest BCUT2D eigenvalue weighted by Crippen LogP contribution is -2.39. The molecule has 3 N–H and O–H groups in total. The Bertz CT molecular complexity index is 962. The van der Waals surface area contributed by atoms with Crippen LogP contribution in [0, 0.1) is 0 Å². The summed E-state index contributed by atoms with van der Waals surface area (Å²) < 4.78 is 5.26. The zero-order chi connectivity index (χ0) is 19.9. The van der Waals surface area contributed by atoms with Crippen molar-refractivity contribution in [2.45, 2.75) is 38.8 Å². The molecule has 0 saturated heterocycles. The first kappa shape index (κ1) is 18.7. The molecular weight excluding hydrogens is 350 g/mol. The summed E-state index contributed by atoms with van der Waals surface area (Å²) in [4.78, 5) is 45.5. The Hall–Kier alpha value is -3.13. The van der Waals surface area contributed by atoms with Gasteiger partial charge in [-0.05, 0) is 44.9 Å². The number of nitrogens with zero attached hydrogens (tertiary/aromatic N) is 2. The highest BCUT2D eigenvalue weighted by molar-refractivity contribution is 6.27. The predicted molar refractivity (Wildman–Crippen MR) is 94.5 cm³/mol. The lowest BCUT2D eigenvalue weighted by molar-refractivity contribution is -0.156. The van der Waals surface area contributed by atoms with E-state index >= 15 is 0 Å². The monoisotopic (exact) mass is 369 g/mol. The molecule has 1 aliphatic carbocycles. The maximum atomic E-state index is 12.9. The lowest BCUT2D eigenvalue weighted by atomic mass is 9.86. The fourth-order valence-corrected chi connectivity index (χ4v) is 2.85. The molecule has 1 unspecified atom stereocenters. The van der Waals surface area contributed by atoms with Crippen LogP contribution >= 0.6 is 0 Å². The van der Waals surface area contributed by atoms with Crippen molar-refractivity contribution >= 4 is 17.5 Å². The van der Waals surface area contributed by atoms with E-state index in [1.807, 2.05) is 0 Å². The summed E-state index contributed by atoms with van der Waals surface area (Å²) in [6, 6.07) is 3.12. The molecule has 0 bridgehead atoms. The minimum absolute atomic E-state index is 0.0135. The number of aromatic nitrogens is 2. The van der Waals surface area contributed by atoms with Crippen LogP contribution < -0.4 is 5.73 Å². The molecule has 8 nitrogen and oxygen atoms in total.